The van der Waals surface area contributed by atoms with Crippen molar-refractivity contribution in [2.75, 3.05) is 13.1 Å². The molecule has 4 heteroatoms. The Morgan fingerprint density at radius 1 is 1.53 bits per heavy atom. The molecule has 1 unspecified atom stereocenters. The number of non-ortho nitro benzene ring substituents is 1. The summed E-state index contributed by atoms with van der Waals surface area (Å²) in [6.07, 6.45) is 2.59. The monoisotopic (exact) mass is 235 g/mol. The number of quaternary nitrogens is 1. The minimum Gasteiger partial charge on any atom is -0.331 e. The van der Waals surface area contributed by atoms with Crippen LogP contribution in [-0.2, 0) is 6.54 Å². The van der Waals surface area contributed by atoms with Crippen LogP contribution in [0.5, 0.6) is 0 Å². The minimum absolute atomic E-state index is 0.201. The highest BCUT2D eigenvalue weighted by atomic mass is 16.6. The lowest BCUT2D eigenvalue weighted by atomic mass is 10.00. The van der Waals surface area contributed by atoms with Crippen molar-refractivity contribution in [2.24, 2.45) is 5.92 Å². The summed E-state index contributed by atoms with van der Waals surface area (Å²) in [5, 5.41) is 10.7. The molecule has 1 N–H and O–H groups in total. The van der Waals surface area contributed by atoms with Gasteiger partial charge < -0.3 is 4.90 Å². The van der Waals surface area contributed by atoms with Gasteiger partial charge in [0.15, 0.2) is 0 Å². The third-order valence-corrected chi connectivity index (χ3v) is 3.44. The van der Waals surface area contributed by atoms with Crippen molar-refractivity contribution in [1.82, 2.24) is 0 Å². The first-order valence-corrected chi connectivity index (χ1v) is 6.22. The molecule has 0 saturated carbocycles. The molecule has 1 aromatic rings. The summed E-state index contributed by atoms with van der Waals surface area (Å²) in [4.78, 5) is 11.9. The molecule has 4 nitrogen and oxygen atoms in total. The van der Waals surface area contributed by atoms with Crippen LogP contribution in [-0.4, -0.2) is 18.0 Å². The first-order valence-electron chi connectivity index (χ1n) is 6.22. The lowest BCUT2D eigenvalue weighted by molar-refractivity contribution is -0.922. The number of nitro benzene ring substituents is 1. The van der Waals surface area contributed by atoms with Crippen LogP contribution in [0.4, 0.5) is 5.69 Å². The maximum atomic E-state index is 10.7. The van der Waals surface area contributed by atoms with Crippen LogP contribution in [0, 0.1) is 16.0 Å². The van der Waals surface area contributed by atoms with Crippen LogP contribution in [0.3, 0.4) is 0 Å². The van der Waals surface area contributed by atoms with E-state index in [4.69, 9.17) is 0 Å². The molecule has 0 radical (unpaired) electrons. The Bertz CT molecular complexity index is 406. The number of nitrogens with one attached hydrogen (secondary N) is 1. The van der Waals surface area contributed by atoms with Crippen LogP contribution in [0.25, 0.3) is 0 Å². The van der Waals surface area contributed by atoms with Crippen LogP contribution in [0.1, 0.15) is 25.3 Å². The van der Waals surface area contributed by atoms with E-state index in [0.29, 0.717) is 0 Å². The zero-order chi connectivity index (χ0) is 12.3. The Balaban J connectivity index is 2.02. The van der Waals surface area contributed by atoms with Crippen molar-refractivity contribution in [3.63, 3.8) is 0 Å². The molecule has 0 amide bonds. The number of rotatable bonds is 3. The number of hydrogen-bond donors (Lipinski definition) is 1. The molecular weight excluding hydrogens is 216 g/mol. The van der Waals surface area contributed by atoms with Gasteiger partial charge in [-0.25, -0.2) is 0 Å². The smallest absolute Gasteiger partial charge is 0.269 e. The SMILES string of the molecule is C[C@@H]1CCC[NH+](Cc2cccc([N+](=O)[O-])c2)C1. The van der Waals surface area contributed by atoms with E-state index in [2.05, 4.69) is 6.92 Å². The minimum atomic E-state index is -0.322. The molecule has 2 rings (SSSR count). The van der Waals surface area contributed by atoms with Crippen LogP contribution in [0.2, 0.25) is 0 Å². The Hall–Kier alpha value is -1.42. The van der Waals surface area contributed by atoms with E-state index in [1.807, 2.05) is 6.07 Å². The lowest BCUT2D eigenvalue weighted by Crippen LogP contribution is -3.12. The summed E-state index contributed by atoms with van der Waals surface area (Å²) in [7, 11) is 0. The summed E-state index contributed by atoms with van der Waals surface area (Å²) in [5.74, 6) is 0.775. The third-order valence-electron chi connectivity index (χ3n) is 3.44. The Labute approximate surface area is 101 Å². The van der Waals surface area contributed by atoms with Crippen LogP contribution < -0.4 is 4.90 Å². The van der Waals surface area contributed by atoms with Gasteiger partial charge in [-0.3, -0.25) is 10.1 Å². The molecule has 0 aliphatic carbocycles. The van der Waals surface area contributed by atoms with Crippen molar-refractivity contribution in [3.05, 3.63) is 39.9 Å². The number of piperidine rings is 1. The largest absolute Gasteiger partial charge is 0.331 e. The van der Waals surface area contributed by atoms with Gasteiger partial charge >= 0.3 is 0 Å². The molecule has 92 valence electrons. The highest BCUT2D eigenvalue weighted by Gasteiger charge is 2.20. The zero-order valence-electron chi connectivity index (χ0n) is 10.2. The van der Waals surface area contributed by atoms with Crippen molar-refractivity contribution in [3.8, 4) is 0 Å². The molecule has 17 heavy (non-hydrogen) atoms. The standard InChI is InChI=1S/C13H18N2O2/c1-11-4-3-7-14(9-11)10-12-5-2-6-13(8-12)15(16)17/h2,5-6,8,11H,3-4,7,9-10H2,1H3/p+1/t11-/m1/s1. The first kappa shape index (κ1) is 12.0. The normalized spacial score (nSPS) is 24.5. The number of nitrogens with zero attached hydrogens (tertiary/aromatic N) is 1. The molecule has 1 aliphatic rings. The fourth-order valence-corrected chi connectivity index (χ4v) is 2.63. The maximum absolute atomic E-state index is 10.7. The summed E-state index contributed by atoms with van der Waals surface area (Å²) < 4.78 is 0. The quantitative estimate of drug-likeness (QED) is 0.636. The fourth-order valence-electron chi connectivity index (χ4n) is 2.63. The van der Waals surface area contributed by atoms with Crippen LogP contribution >= 0.6 is 0 Å². The average molecular weight is 235 g/mol. The second kappa shape index (κ2) is 5.27. The molecule has 0 bridgehead atoms. The molecule has 1 saturated heterocycles. The van der Waals surface area contributed by atoms with Crippen molar-refractivity contribution < 1.29 is 9.82 Å². The number of nitro groups is 1. The van der Waals surface area contributed by atoms with E-state index in [1.54, 1.807) is 23.1 Å². The van der Waals surface area contributed by atoms with Gasteiger partial charge in [-0.15, -0.1) is 0 Å². The topological polar surface area (TPSA) is 47.6 Å². The van der Waals surface area contributed by atoms with Crippen molar-refractivity contribution in [1.29, 1.82) is 0 Å². The van der Waals surface area contributed by atoms with Gasteiger partial charge in [0.2, 0.25) is 0 Å². The van der Waals surface area contributed by atoms with Gasteiger partial charge in [0.1, 0.15) is 6.54 Å². The fraction of sp³-hybridized carbons (Fsp3) is 0.538. The molecule has 1 heterocycles. The molecule has 1 aromatic carbocycles. The molecule has 0 aromatic heterocycles. The zero-order valence-corrected chi connectivity index (χ0v) is 10.2. The average Bonchev–Trinajstić information content (AvgIpc) is 2.29. The van der Waals surface area contributed by atoms with Crippen molar-refractivity contribution in [2.45, 2.75) is 26.3 Å². The van der Waals surface area contributed by atoms with E-state index in [9.17, 15) is 10.1 Å². The van der Waals surface area contributed by atoms with Gasteiger partial charge in [-0.1, -0.05) is 19.1 Å². The molecule has 1 fully saturated rings. The van der Waals surface area contributed by atoms with Crippen molar-refractivity contribution >= 4 is 5.69 Å². The number of hydrogen-bond acceptors (Lipinski definition) is 2. The van der Waals surface area contributed by atoms with E-state index < -0.39 is 0 Å². The molecule has 2 atom stereocenters. The summed E-state index contributed by atoms with van der Waals surface area (Å²) in [6, 6.07) is 7.02. The summed E-state index contributed by atoms with van der Waals surface area (Å²) in [5.41, 5.74) is 1.27. The Morgan fingerprint density at radius 3 is 3.06 bits per heavy atom. The number of likely N-dealkylation sites (tertiary alicyclic amines) is 1. The van der Waals surface area contributed by atoms with E-state index in [1.165, 1.54) is 25.9 Å². The number of benzene rings is 1. The van der Waals surface area contributed by atoms with Crippen LogP contribution in [0.15, 0.2) is 24.3 Å². The van der Waals surface area contributed by atoms with Gasteiger partial charge in [-0.05, 0) is 12.8 Å². The van der Waals surface area contributed by atoms with Gasteiger partial charge in [-0.2, -0.15) is 0 Å². The Morgan fingerprint density at radius 2 is 2.35 bits per heavy atom. The van der Waals surface area contributed by atoms with E-state index >= 15 is 0 Å². The molecule has 1 aliphatic heterocycles. The third kappa shape index (κ3) is 3.27. The van der Waals surface area contributed by atoms with Gasteiger partial charge in [0.05, 0.1) is 18.0 Å². The van der Waals surface area contributed by atoms with E-state index in [-0.39, 0.29) is 10.6 Å². The van der Waals surface area contributed by atoms with Gasteiger partial charge in [0, 0.05) is 23.6 Å². The molecular formula is C13H19N2O2+. The molecule has 0 spiro atoms. The second-order valence-electron chi connectivity index (χ2n) is 5.06. The Kier molecular flexibility index (Phi) is 3.74. The van der Waals surface area contributed by atoms with E-state index in [0.717, 1.165) is 18.0 Å². The van der Waals surface area contributed by atoms with Gasteiger partial charge in [0.25, 0.3) is 5.69 Å². The predicted molar refractivity (Wildman–Crippen MR) is 65.9 cm³/mol. The second-order valence-corrected chi connectivity index (χ2v) is 5.06. The summed E-state index contributed by atoms with van der Waals surface area (Å²) >= 11 is 0. The first-order chi connectivity index (χ1) is 8.15. The summed E-state index contributed by atoms with van der Waals surface area (Å²) in [6.45, 7) is 5.56. The highest BCUT2D eigenvalue weighted by molar-refractivity contribution is 5.33. The lowest BCUT2D eigenvalue weighted by Gasteiger charge is -2.27. The predicted octanol–water partition coefficient (Wildman–Crippen LogP) is 1.41. The maximum Gasteiger partial charge on any atom is 0.269 e. The highest BCUT2D eigenvalue weighted by Crippen LogP contribution is 2.13.